The molecule has 0 radical (unpaired) electrons. The first-order valence-corrected chi connectivity index (χ1v) is 7.03. The number of nitrogens with one attached hydrogen (secondary N) is 1. The van der Waals surface area contributed by atoms with Crippen LogP contribution in [0.2, 0.25) is 0 Å². The lowest BCUT2D eigenvalue weighted by molar-refractivity contribution is 0.106. The van der Waals surface area contributed by atoms with E-state index in [0.29, 0.717) is 12.1 Å². The zero-order chi connectivity index (χ0) is 13.2. The Morgan fingerprint density at radius 1 is 1.32 bits per heavy atom. The number of ether oxygens (including phenoxy) is 1. The van der Waals surface area contributed by atoms with Crippen LogP contribution in [-0.2, 0) is 4.74 Å². The van der Waals surface area contributed by atoms with Gasteiger partial charge < -0.3 is 14.5 Å². The molecule has 102 valence electrons. The Bertz CT molecular complexity index is 515. The number of furan rings is 1. The Labute approximate surface area is 113 Å². The van der Waals surface area contributed by atoms with Gasteiger partial charge in [0.15, 0.2) is 0 Å². The zero-order valence-corrected chi connectivity index (χ0v) is 11.6. The van der Waals surface area contributed by atoms with Crippen molar-refractivity contribution in [2.75, 3.05) is 7.11 Å². The second kappa shape index (κ2) is 5.35. The number of methoxy groups -OCH3 is 1. The van der Waals surface area contributed by atoms with Crippen LogP contribution in [0.15, 0.2) is 34.7 Å². The fourth-order valence-electron chi connectivity index (χ4n) is 2.96. The molecule has 0 amide bonds. The summed E-state index contributed by atoms with van der Waals surface area (Å²) in [5.41, 5.74) is 0.965. The minimum atomic E-state index is 0.244. The molecular formula is C16H21NO2. The first-order chi connectivity index (χ1) is 9.26. The third-order valence-electron chi connectivity index (χ3n) is 4.07. The Morgan fingerprint density at radius 2 is 2.16 bits per heavy atom. The van der Waals surface area contributed by atoms with Crippen molar-refractivity contribution in [3.8, 4) is 0 Å². The van der Waals surface area contributed by atoms with Gasteiger partial charge in [-0.25, -0.2) is 0 Å². The predicted octanol–water partition coefficient (Wildman–Crippen LogP) is 3.65. The smallest absolute Gasteiger partial charge is 0.134 e. The van der Waals surface area contributed by atoms with Crippen molar-refractivity contribution in [1.82, 2.24) is 5.32 Å². The van der Waals surface area contributed by atoms with E-state index in [-0.39, 0.29) is 6.04 Å². The fraction of sp³-hybridized carbons (Fsp3) is 0.500. The summed E-state index contributed by atoms with van der Waals surface area (Å²) in [4.78, 5) is 0. The highest BCUT2D eigenvalue weighted by Crippen LogP contribution is 2.27. The van der Waals surface area contributed by atoms with Gasteiger partial charge in [0, 0.05) is 18.5 Å². The highest BCUT2D eigenvalue weighted by molar-refractivity contribution is 5.77. The van der Waals surface area contributed by atoms with Crippen molar-refractivity contribution >= 4 is 11.0 Å². The fourth-order valence-corrected chi connectivity index (χ4v) is 2.96. The molecule has 1 aromatic heterocycles. The Hall–Kier alpha value is -1.32. The van der Waals surface area contributed by atoms with Crippen LogP contribution in [0.1, 0.15) is 38.0 Å². The summed E-state index contributed by atoms with van der Waals surface area (Å²) in [6.45, 7) is 2.16. The Kier molecular flexibility index (Phi) is 3.58. The van der Waals surface area contributed by atoms with E-state index in [9.17, 15) is 0 Å². The number of hydrogen-bond acceptors (Lipinski definition) is 3. The summed E-state index contributed by atoms with van der Waals surface area (Å²) in [6.07, 6.45) is 3.85. The van der Waals surface area contributed by atoms with Gasteiger partial charge in [-0.1, -0.05) is 18.2 Å². The lowest BCUT2D eigenvalue weighted by atomic mass is 10.1. The third-order valence-corrected chi connectivity index (χ3v) is 4.07. The van der Waals surface area contributed by atoms with E-state index in [2.05, 4.69) is 24.4 Å². The van der Waals surface area contributed by atoms with Gasteiger partial charge in [-0.2, -0.15) is 0 Å². The van der Waals surface area contributed by atoms with Crippen molar-refractivity contribution in [2.24, 2.45) is 0 Å². The van der Waals surface area contributed by atoms with E-state index >= 15 is 0 Å². The second-order valence-electron chi connectivity index (χ2n) is 5.44. The average molecular weight is 259 g/mol. The molecule has 0 spiro atoms. The molecule has 1 heterocycles. The first-order valence-electron chi connectivity index (χ1n) is 7.03. The molecule has 3 nitrogen and oxygen atoms in total. The molecule has 2 aromatic rings. The summed E-state index contributed by atoms with van der Waals surface area (Å²) in [6, 6.07) is 11.1. The van der Waals surface area contributed by atoms with Crippen LogP contribution in [0.4, 0.5) is 0 Å². The van der Waals surface area contributed by atoms with Gasteiger partial charge >= 0.3 is 0 Å². The molecule has 1 saturated carbocycles. The molecule has 0 aliphatic heterocycles. The van der Waals surface area contributed by atoms with Crippen LogP contribution in [0.3, 0.4) is 0 Å². The van der Waals surface area contributed by atoms with Gasteiger partial charge in [0.2, 0.25) is 0 Å². The molecule has 19 heavy (non-hydrogen) atoms. The van der Waals surface area contributed by atoms with Gasteiger partial charge in [-0.15, -0.1) is 0 Å². The van der Waals surface area contributed by atoms with Crippen LogP contribution >= 0.6 is 0 Å². The van der Waals surface area contributed by atoms with Crippen LogP contribution in [0.5, 0.6) is 0 Å². The quantitative estimate of drug-likeness (QED) is 0.910. The summed E-state index contributed by atoms with van der Waals surface area (Å²) in [7, 11) is 1.80. The first kappa shape index (κ1) is 12.7. The highest BCUT2D eigenvalue weighted by Gasteiger charge is 2.26. The van der Waals surface area contributed by atoms with Crippen LogP contribution in [0.25, 0.3) is 11.0 Å². The molecular weight excluding hydrogens is 238 g/mol. The van der Waals surface area contributed by atoms with E-state index in [1.165, 1.54) is 11.8 Å². The SMILES string of the molecule is COC1CCC(NC(C)c2cc3ccccc3o2)C1. The Morgan fingerprint density at radius 3 is 2.89 bits per heavy atom. The molecule has 0 bridgehead atoms. The number of fused-ring (bicyclic) bond motifs is 1. The van der Waals surface area contributed by atoms with Gasteiger partial charge in [0.25, 0.3) is 0 Å². The van der Waals surface area contributed by atoms with Gasteiger partial charge in [-0.05, 0) is 38.3 Å². The van der Waals surface area contributed by atoms with Crippen molar-refractivity contribution in [2.45, 2.75) is 44.4 Å². The standard InChI is InChI=1S/C16H21NO2/c1-11(17-13-7-8-14(10-13)18-2)16-9-12-5-3-4-6-15(12)19-16/h3-6,9,11,13-14,17H,7-8,10H2,1-2H3. The predicted molar refractivity (Wildman–Crippen MR) is 76.2 cm³/mol. The van der Waals surface area contributed by atoms with Crippen LogP contribution in [0, 0.1) is 0 Å². The molecule has 3 atom stereocenters. The van der Waals surface area contributed by atoms with E-state index in [0.717, 1.165) is 24.2 Å². The molecule has 1 fully saturated rings. The normalized spacial score (nSPS) is 24.9. The highest BCUT2D eigenvalue weighted by atomic mass is 16.5. The number of hydrogen-bond donors (Lipinski definition) is 1. The van der Waals surface area contributed by atoms with Crippen LogP contribution < -0.4 is 5.32 Å². The molecule has 1 aromatic carbocycles. The summed E-state index contributed by atoms with van der Waals surface area (Å²) >= 11 is 0. The summed E-state index contributed by atoms with van der Waals surface area (Å²) < 4.78 is 11.3. The largest absolute Gasteiger partial charge is 0.459 e. The van der Waals surface area contributed by atoms with Gasteiger partial charge in [-0.3, -0.25) is 0 Å². The minimum absolute atomic E-state index is 0.244. The van der Waals surface area contributed by atoms with Crippen molar-refractivity contribution in [1.29, 1.82) is 0 Å². The maximum atomic E-state index is 5.90. The molecule has 3 unspecified atom stereocenters. The molecule has 0 saturated heterocycles. The second-order valence-corrected chi connectivity index (χ2v) is 5.44. The number of para-hydroxylation sites is 1. The van der Waals surface area contributed by atoms with E-state index in [1.807, 2.05) is 18.2 Å². The topological polar surface area (TPSA) is 34.4 Å². The van der Waals surface area contributed by atoms with Crippen molar-refractivity contribution in [3.63, 3.8) is 0 Å². The van der Waals surface area contributed by atoms with Gasteiger partial charge in [0.05, 0.1) is 12.1 Å². The average Bonchev–Trinajstić information content (AvgIpc) is 3.04. The van der Waals surface area contributed by atoms with Crippen LogP contribution in [-0.4, -0.2) is 19.3 Å². The van der Waals surface area contributed by atoms with E-state index < -0.39 is 0 Å². The minimum Gasteiger partial charge on any atom is -0.459 e. The summed E-state index contributed by atoms with van der Waals surface area (Å²) in [5, 5.41) is 4.82. The van der Waals surface area contributed by atoms with E-state index in [4.69, 9.17) is 9.15 Å². The molecule has 1 aliphatic rings. The van der Waals surface area contributed by atoms with Crippen molar-refractivity contribution in [3.05, 3.63) is 36.1 Å². The maximum Gasteiger partial charge on any atom is 0.134 e. The Balaban J connectivity index is 1.68. The van der Waals surface area contributed by atoms with Crippen molar-refractivity contribution < 1.29 is 9.15 Å². The monoisotopic (exact) mass is 259 g/mol. The summed E-state index contributed by atoms with van der Waals surface area (Å²) in [5.74, 6) is 1.02. The molecule has 1 N–H and O–H groups in total. The zero-order valence-electron chi connectivity index (χ0n) is 11.6. The third kappa shape index (κ3) is 2.67. The number of benzene rings is 1. The lowest BCUT2D eigenvalue weighted by Gasteiger charge is -2.17. The van der Waals surface area contributed by atoms with Gasteiger partial charge in [0.1, 0.15) is 11.3 Å². The maximum absolute atomic E-state index is 5.90. The van der Waals surface area contributed by atoms with E-state index in [1.54, 1.807) is 7.11 Å². The molecule has 3 rings (SSSR count). The molecule has 1 aliphatic carbocycles. The lowest BCUT2D eigenvalue weighted by Crippen LogP contribution is -2.29. The molecule has 3 heteroatoms. The number of rotatable bonds is 4.